The number of allylic oxidation sites excluding steroid dienone is 4. The van der Waals surface area contributed by atoms with Crippen LogP contribution in [0.1, 0.15) is 61.4 Å². The third-order valence-electron chi connectivity index (χ3n) is 14.0. The van der Waals surface area contributed by atoms with Gasteiger partial charge in [-0.15, -0.1) is 0 Å². The van der Waals surface area contributed by atoms with Crippen molar-refractivity contribution in [1.82, 2.24) is 0 Å². The van der Waals surface area contributed by atoms with Gasteiger partial charge in [-0.2, -0.15) is 0 Å². The molecule has 0 N–H and O–H groups in total. The summed E-state index contributed by atoms with van der Waals surface area (Å²) in [6, 6.07) is 67.3. The molecule has 0 amide bonds. The van der Waals surface area contributed by atoms with Crippen molar-refractivity contribution in [2.24, 2.45) is 0 Å². The number of para-hydroxylation sites is 1. The first-order chi connectivity index (χ1) is 29.9. The van der Waals surface area contributed by atoms with Gasteiger partial charge in [-0.3, -0.25) is 0 Å². The molecule has 1 heterocycles. The van der Waals surface area contributed by atoms with E-state index in [1.165, 1.54) is 61.2 Å². The summed E-state index contributed by atoms with van der Waals surface area (Å²) < 4.78 is 6.23. The van der Waals surface area contributed by atoms with Crippen molar-refractivity contribution in [3.05, 3.63) is 228 Å². The lowest BCUT2D eigenvalue weighted by Gasteiger charge is -2.32. The fourth-order valence-corrected chi connectivity index (χ4v) is 11.0. The molecular formula is C59H45NO. The first kappa shape index (κ1) is 35.8. The van der Waals surface area contributed by atoms with Gasteiger partial charge in [0.1, 0.15) is 11.2 Å². The van der Waals surface area contributed by atoms with Crippen LogP contribution in [0.5, 0.6) is 0 Å². The van der Waals surface area contributed by atoms with E-state index in [2.05, 4.69) is 208 Å². The summed E-state index contributed by atoms with van der Waals surface area (Å²) in [5.74, 6) is 0. The van der Waals surface area contributed by atoms with E-state index in [-0.39, 0.29) is 10.8 Å². The van der Waals surface area contributed by atoms with Gasteiger partial charge in [-0.25, -0.2) is 0 Å². The Hall–Kier alpha value is -7.16. The van der Waals surface area contributed by atoms with E-state index in [1.807, 2.05) is 12.1 Å². The van der Waals surface area contributed by atoms with Gasteiger partial charge in [-0.05, 0) is 147 Å². The van der Waals surface area contributed by atoms with Gasteiger partial charge >= 0.3 is 0 Å². The highest BCUT2D eigenvalue weighted by Crippen LogP contribution is 2.57. The first-order valence-electron chi connectivity index (χ1n) is 21.6. The van der Waals surface area contributed by atoms with Crippen LogP contribution < -0.4 is 4.90 Å². The van der Waals surface area contributed by atoms with Crippen LogP contribution in [-0.4, -0.2) is 0 Å². The van der Waals surface area contributed by atoms with Crippen molar-refractivity contribution in [3.8, 4) is 33.4 Å². The average Bonchev–Trinajstić information content (AvgIpc) is 3.90. The summed E-state index contributed by atoms with van der Waals surface area (Å²) >= 11 is 0. The van der Waals surface area contributed by atoms with E-state index < -0.39 is 0 Å². The molecule has 0 saturated heterocycles. The number of furan rings is 1. The minimum Gasteiger partial charge on any atom is -0.456 e. The quantitative estimate of drug-likeness (QED) is 0.167. The lowest BCUT2D eigenvalue weighted by atomic mass is 9.74. The van der Waals surface area contributed by atoms with Crippen molar-refractivity contribution in [2.45, 2.75) is 44.4 Å². The Balaban J connectivity index is 1.07. The first-order valence-corrected chi connectivity index (χ1v) is 21.6. The summed E-state index contributed by atoms with van der Waals surface area (Å²) in [5.41, 5.74) is 21.9. The molecule has 2 heteroatoms. The summed E-state index contributed by atoms with van der Waals surface area (Å²) in [6.45, 7) is 7.22. The van der Waals surface area contributed by atoms with Crippen LogP contribution in [0.25, 0.3) is 60.9 Å². The minimum atomic E-state index is -0.377. The number of rotatable bonds is 6. The molecule has 0 radical (unpaired) electrons. The highest BCUT2D eigenvalue weighted by Gasteiger charge is 2.43. The smallest absolute Gasteiger partial charge is 0.135 e. The predicted molar refractivity (Wildman–Crippen MR) is 255 cm³/mol. The van der Waals surface area contributed by atoms with Gasteiger partial charge < -0.3 is 9.32 Å². The van der Waals surface area contributed by atoms with Crippen LogP contribution in [0.15, 0.2) is 204 Å². The normalized spacial score (nSPS) is 17.0. The molecule has 9 aromatic rings. The monoisotopic (exact) mass is 783 g/mol. The maximum atomic E-state index is 6.23. The van der Waals surface area contributed by atoms with Crippen LogP contribution in [0.2, 0.25) is 0 Å². The lowest BCUT2D eigenvalue weighted by molar-refractivity contribution is 0.651. The van der Waals surface area contributed by atoms with Gasteiger partial charge in [0.2, 0.25) is 0 Å². The number of benzene rings is 8. The second-order valence-corrected chi connectivity index (χ2v) is 17.7. The molecule has 0 saturated carbocycles. The largest absolute Gasteiger partial charge is 0.456 e. The molecule has 61 heavy (non-hydrogen) atoms. The van der Waals surface area contributed by atoms with E-state index in [4.69, 9.17) is 4.42 Å². The van der Waals surface area contributed by atoms with Crippen LogP contribution in [-0.2, 0) is 10.8 Å². The fourth-order valence-electron chi connectivity index (χ4n) is 11.0. The third-order valence-corrected chi connectivity index (χ3v) is 14.0. The SMILES string of the molecule is CC1(C)C2=C(CCC=C2)c2ccc(N(c3cccc(-c4ccc5oc6ccccc6c5c4)c3)c3ccc4c(c3)C(C)(c3ccccc3)c3cccc(-c5ccccc5)c3-4)cc21. The molecule has 8 aromatic carbocycles. The standard InChI is InChI=1S/C59H45NO/c1-58(2)51-25-12-10-22-46(51)47-31-29-43(36-53(47)58)60(42-21-14-18-39(34-42)40-28-33-56-50(35-40)48-23-11-13-27-55(48)61-56)44-30-32-49-54(37-44)59(3,41-19-8-5-9-20-41)52-26-15-24-45(57(49)52)38-16-6-4-7-17-38/h4-9,11-21,23-37H,10,22H2,1-3H3. The topological polar surface area (TPSA) is 16.4 Å². The Labute approximate surface area is 357 Å². The zero-order valence-electron chi connectivity index (χ0n) is 34.7. The molecule has 1 aromatic heterocycles. The molecule has 0 aliphatic heterocycles. The molecule has 1 atom stereocenters. The molecule has 1 unspecified atom stereocenters. The number of fused-ring (bicyclic) bond motifs is 8. The lowest BCUT2D eigenvalue weighted by Crippen LogP contribution is -2.23. The maximum absolute atomic E-state index is 6.23. The predicted octanol–water partition coefficient (Wildman–Crippen LogP) is 16.1. The van der Waals surface area contributed by atoms with Gasteiger partial charge in [0, 0.05) is 38.7 Å². The Bertz CT molecular complexity index is 3290. The molecule has 3 aliphatic carbocycles. The highest BCUT2D eigenvalue weighted by atomic mass is 16.3. The fraction of sp³-hybridized carbons (Fsp3) is 0.119. The van der Waals surface area contributed by atoms with E-state index in [1.54, 1.807) is 0 Å². The van der Waals surface area contributed by atoms with Gasteiger partial charge in [-0.1, -0.05) is 153 Å². The Kier molecular flexibility index (Phi) is 7.87. The van der Waals surface area contributed by atoms with Gasteiger partial charge in [0.25, 0.3) is 0 Å². The highest BCUT2D eigenvalue weighted by molar-refractivity contribution is 6.06. The van der Waals surface area contributed by atoms with Crippen molar-refractivity contribution < 1.29 is 4.42 Å². The van der Waals surface area contributed by atoms with Crippen molar-refractivity contribution >= 4 is 44.6 Å². The summed E-state index contributed by atoms with van der Waals surface area (Å²) in [6.07, 6.45) is 6.92. The molecule has 0 spiro atoms. The van der Waals surface area contributed by atoms with Crippen LogP contribution in [0.3, 0.4) is 0 Å². The number of hydrogen-bond donors (Lipinski definition) is 0. The Morgan fingerprint density at radius 2 is 1.15 bits per heavy atom. The van der Waals surface area contributed by atoms with E-state index in [9.17, 15) is 0 Å². The van der Waals surface area contributed by atoms with Crippen LogP contribution >= 0.6 is 0 Å². The minimum absolute atomic E-state index is 0.0901. The van der Waals surface area contributed by atoms with Crippen molar-refractivity contribution in [3.63, 3.8) is 0 Å². The molecule has 292 valence electrons. The number of nitrogens with zero attached hydrogens (tertiary/aromatic N) is 1. The third kappa shape index (κ3) is 5.35. The molecule has 3 aliphatic rings. The summed E-state index contributed by atoms with van der Waals surface area (Å²) in [5, 5.41) is 2.27. The second kappa shape index (κ2) is 13.4. The summed E-state index contributed by atoms with van der Waals surface area (Å²) in [7, 11) is 0. The van der Waals surface area contributed by atoms with Crippen molar-refractivity contribution in [1.29, 1.82) is 0 Å². The molecule has 0 fully saturated rings. The van der Waals surface area contributed by atoms with Gasteiger partial charge in [0.05, 0.1) is 0 Å². The van der Waals surface area contributed by atoms with Crippen molar-refractivity contribution in [2.75, 3.05) is 4.90 Å². The maximum Gasteiger partial charge on any atom is 0.135 e. The second-order valence-electron chi connectivity index (χ2n) is 17.7. The van der Waals surface area contributed by atoms with E-state index in [0.29, 0.717) is 0 Å². The average molecular weight is 784 g/mol. The van der Waals surface area contributed by atoms with E-state index >= 15 is 0 Å². The Morgan fingerprint density at radius 1 is 0.475 bits per heavy atom. The van der Waals surface area contributed by atoms with Gasteiger partial charge in [0.15, 0.2) is 0 Å². The zero-order chi connectivity index (χ0) is 40.9. The molecule has 2 nitrogen and oxygen atoms in total. The zero-order valence-corrected chi connectivity index (χ0v) is 34.7. The summed E-state index contributed by atoms with van der Waals surface area (Å²) in [4.78, 5) is 2.49. The number of anilines is 3. The van der Waals surface area contributed by atoms with Crippen LogP contribution in [0.4, 0.5) is 17.1 Å². The van der Waals surface area contributed by atoms with E-state index in [0.717, 1.165) is 63.0 Å². The van der Waals surface area contributed by atoms with Crippen LogP contribution in [0, 0.1) is 0 Å². The Morgan fingerprint density at radius 3 is 1.98 bits per heavy atom. The molecule has 12 rings (SSSR count). The number of hydrogen-bond acceptors (Lipinski definition) is 2. The molecule has 0 bridgehead atoms. The molecular weight excluding hydrogens is 739 g/mol.